The van der Waals surface area contributed by atoms with Gasteiger partial charge in [0.05, 0.1) is 65.4 Å². The third kappa shape index (κ3) is 12.5. The van der Waals surface area contributed by atoms with E-state index in [1.165, 1.54) is 81.7 Å². The quantitative estimate of drug-likeness (QED) is 0.141. The molecule has 0 spiro atoms. The van der Waals surface area contributed by atoms with Crippen LogP contribution in [0.25, 0.3) is 0 Å². The second-order valence-electron chi connectivity index (χ2n) is 20.0. The van der Waals surface area contributed by atoms with E-state index in [0.29, 0.717) is 0 Å². The van der Waals surface area contributed by atoms with E-state index in [4.69, 9.17) is 0 Å². The molecule has 0 unspecified atom stereocenters. The highest BCUT2D eigenvalue weighted by atomic mass is 28.4. The van der Waals surface area contributed by atoms with Crippen LogP contribution in [0.1, 0.15) is 0 Å². The summed E-state index contributed by atoms with van der Waals surface area (Å²) < 4.78 is 0. The summed E-state index contributed by atoms with van der Waals surface area (Å²) in [5.41, 5.74) is 0. The van der Waals surface area contributed by atoms with Gasteiger partial charge in [0.2, 0.25) is 101 Å². The lowest BCUT2D eigenvalue weighted by molar-refractivity contribution is -0.149. The minimum absolute atomic E-state index is 0.246. The molecule has 0 aromatic carbocycles. The van der Waals surface area contributed by atoms with Crippen molar-refractivity contribution in [3.05, 3.63) is 0 Å². The largest absolute Gasteiger partial charge is 0.429 e. The van der Waals surface area contributed by atoms with Crippen molar-refractivity contribution in [3.63, 3.8) is 0 Å². The third-order valence-corrected chi connectivity index (χ3v) is 22.7. The van der Waals surface area contributed by atoms with Crippen LogP contribution in [0, 0.1) is 0 Å². The molecular formula is C35H60N10O15Si5. The Bertz CT molecular complexity index is 1590. The molecule has 0 aromatic rings. The van der Waals surface area contributed by atoms with E-state index in [1.54, 1.807) is 0 Å². The summed E-state index contributed by atoms with van der Waals surface area (Å²) in [6.07, 6.45) is -2.46. The van der Waals surface area contributed by atoms with Crippen molar-refractivity contribution in [2.24, 2.45) is 0 Å². The fourth-order valence-corrected chi connectivity index (χ4v) is 20.9. The van der Waals surface area contributed by atoms with Crippen LogP contribution >= 0.6 is 0 Å². The van der Waals surface area contributed by atoms with Gasteiger partial charge in [-0.15, -0.1) is 0 Å². The highest BCUT2D eigenvalue weighted by Gasteiger charge is 2.47. The molecule has 11 aliphatic rings. The van der Waals surface area contributed by atoms with Gasteiger partial charge in [-0.1, -0.05) is 0 Å². The molecule has 0 aromatic heterocycles. The second-order valence-corrected chi connectivity index (χ2v) is 38.1. The van der Waals surface area contributed by atoms with Crippen LogP contribution in [-0.4, -0.2) is 301 Å². The fraction of sp³-hybridized carbons (Fsp3) is 0.714. The van der Waals surface area contributed by atoms with Crippen molar-refractivity contribution in [1.82, 2.24) is 49.0 Å². The molecule has 0 atom stereocenters. The standard InChI is InChI=1S/C35H60N10O15Si5/c1-61(56)16-36-6-28(48)38(8-26(36)46)18-62(2,57)20-40-10-32(52)42(12-30(40)50)22-64(4,59)24-44-14-35(55)45(15-34(44)54)25-65(5,60)23-43-13-31(51)41(11-33(43)53)21-63(3,58)19-39-9-27(47)37(17-61)7-29(39)49/h56-60H,6-25H2,1-5H3. The van der Waals surface area contributed by atoms with Crippen LogP contribution < -0.4 is 0 Å². The zero-order valence-corrected chi connectivity index (χ0v) is 42.4. The zero-order chi connectivity index (χ0) is 48.2. The van der Waals surface area contributed by atoms with Crippen LogP contribution in [0.2, 0.25) is 32.7 Å². The number of amides is 10. The first-order valence-electron chi connectivity index (χ1n) is 21.3. The molecule has 11 aliphatic heterocycles. The van der Waals surface area contributed by atoms with E-state index in [1.807, 2.05) is 0 Å². The Morgan fingerprint density at radius 3 is 0.385 bits per heavy atom. The van der Waals surface area contributed by atoms with E-state index in [0.717, 1.165) is 0 Å². The van der Waals surface area contributed by atoms with Crippen molar-refractivity contribution in [1.29, 1.82) is 0 Å². The summed E-state index contributed by atoms with van der Waals surface area (Å²) in [5.74, 6) is -5.34. The molecule has 65 heavy (non-hydrogen) atoms. The summed E-state index contributed by atoms with van der Waals surface area (Å²) in [6.45, 7) is 3.05. The van der Waals surface area contributed by atoms with Gasteiger partial charge in [-0.05, 0) is 32.7 Å². The lowest BCUT2D eigenvalue weighted by atomic mass is 10.3. The summed E-state index contributed by atoms with van der Waals surface area (Å²) in [4.78, 5) is 203. The minimum atomic E-state index is -3.54. The Hall–Kier alpha value is -4.42. The number of fused-ring (bicyclic) bond motifs is 5. The topological polar surface area (TPSA) is 304 Å². The van der Waals surface area contributed by atoms with E-state index >= 15 is 0 Å². The van der Waals surface area contributed by atoms with Crippen LogP contribution in [0.3, 0.4) is 0 Å². The Balaban J connectivity index is 1.18. The number of hydrogen-bond acceptors (Lipinski definition) is 15. The maximum absolute atomic E-state index is 13.3. The van der Waals surface area contributed by atoms with Gasteiger partial charge in [-0.25, -0.2) is 0 Å². The van der Waals surface area contributed by atoms with Crippen molar-refractivity contribution in [2.75, 3.05) is 127 Å². The van der Waals surface area contributed by atoms with Gasteiger partial charge >= 0.3 is 0 Å². The van der Waals surface area contributed by atoms with Crippen molar-refractivity contribution in [3.8, 4) is 0 Å². The number of piperazine rings is 5. The Kier molecular flexibility index (Phi) is 14.1. The predicted octanol–water partition coefficient (Wildman–Crippen LogP) is -8.42. The van der Waals surface area contributed by atoms with Gasteiger partial charge in [0.25, 0.3) is 0 Å². The summed E-state index contributed by atoms with van der Waals surface area (Å²) in [6, 6.07) is 0. The molecule has 11 fully saturated rings. The normalized spacial score (nSPS) is 34.0. The first-order valence-corrected chi connectivity index (χ1v) is 35.6. The summed E-state index contributed by atoms with van der Waals surface area (Å²) in [5, 5.41) is 0. The van der Waals surface area contributed by atoms with Crippen LogP contribution in [0.4, 0.5) is 0 Å². The predicted molar refractivity (Wildman–Crippen MR) is 235 cm³/mol. The van der Waals surface area contributed by atoms with Gasteiger partial charge in [0.15, 0.2) is 0 Å². The Morgan fingerprint density at radius 2 is 0.308 bits per heavy atom. The molecule has 11 saturated heterocycles. The van der Waals surface area contributed by atoms with E-state index < -0.39 is 166 Å². The minimum Gasteiger partial charge on any atom is -0.429 e. The first kappa shape index (κ1) is 50.0. The molecular weight excluding hydrogens is 941 g/mol. The fourth-order valence-electron chi connectivity index (χ4n) is 9.32. The van der Waals surface area contributed by atoms with E-state index in [9.17, 15) is 71.9 Å². The van der Waals surface area contributed by atoms with Crippen molar-refractivity contribution >= 4 is 101 Å². The third-order valence-electron chi connectivity index (χ3n) is 12.1. The molecule has 30 heteroatoms. The highest BCUT2D eigenvalue weighted by Crippen LogP contribution is 2.20. The summed E-state index contributed by atoms with van der Waals surface area (Å²) >= 11 is 0. The van der Waals surface area contributed by atoms with Crippen LogP contribution in [0.15, 0.2) is 0 Å². The number of hydrogen-bond donors (Lipinski definition) is 5. The number of rotatable bonds is 0. The van der Waals surface area contributed by atoms with Gasteiger partial charge in [-0.2, -0.15) is 0 Å². The van der Waals surface area contributed by atoms with Gasteiger partial charge in [0.1, 0.15) is 0 Å². The second kappa shape index (κ2) is 18.3. The molecule has 0 saturated carbocycles. The molecule has 11 rings (SSSR count). The summed E-state index contributed by atoms with van der Waals surface area (Å²) in [7, 11) is -17.7. The smallest absolute Gasteiger partial charge is 0.242 e. The zero-order valence-electron chi connectivity index (χ0n) is 37.4. The molecule has 10 bridgehead atoms. The molecule has 25 nitrogen and oxygen atoms in total. The maximum atomic E-state index is 13.3. The Labute approximate surface area is 380 Å². The van der Waals surface area contributed by atoms with Crippen LogP contribution in [0.5, 0.6) is 0 Å². The molecule has 10 amide bonds. The molecule has 11 heterocycles. The molecule has 0 radical (unpaired) electrons. The Morgan fingerprint density at radius 1 is 0.231 bits per heavy atom. The lowest BCUT2D eigenvalue weighted by Gasteiger charge is -2.42. The highest BCUT2D eigenvalue weighted by molar-refractivity contribution is 6.74. The molecule has 0 aliphatic carbocycles. The first-order chi connectivity index (χ1) is 29.9. The van der Waals surface area contributed by atoms with Crippen molar-refractivity contribution < 1.29 is 71.9 Å². The lowest BCUT2D eigenvalue weighted by Crippen LogP contribution is -2.67. The average Bonchev–Trinajstić information content (AvgIpc) is 3.14. The van der Waals surface area contributed by atoms with Crippen molar-refractivity contribution in [2.45, 2.75) is 32.7 Å². The van der Waals surface area contributed by atoms with Crippen LogP contribution in [-0.2, 0) is 47.9 Å². The number of nitrogens with zero attached hydrogens (tertiary/aromatic N) is 10. The average molecular weight is 1000 g/mol. The maximum Gasteiger partial charge on any atom is 0.242 e. The van der Waals surface area contributed by atoms with E-state index in [-0.39, 0.29) is 61.7 Å². The van der Waals surface area contributed by atoms with Gasteiger partial charge in [-0.3, -0.25) is 47.9 Å². The van der Waals surface area contributed by atoms with Gasteiger partial charge < -0.3 is 73.0 Å². The molecule has 5 N–H and O–H groups in total. The number of carbonyl (C=O) groups excluding carboxylic acids is 10. The van der Waals surface area contributed by atoms with Gasteiger partial charge in [0, 0.05) is 61.7 Å². The number of carbonyl (C=O) groups is 10. The van der Waals surface area contributed by atoms with E-state index in [2.05, 4.69) is 0 Å². The molecule has 360 valence electrons. The monoisotopic (exact) mass is 1000 g/mol. The SMILES string of the molecule is C[Si]1(O)CN2CC(=O)N(CC2=O)C[Si](C)(O)CN2CC(=O)N(CC2=O)C[Si](C)(O)CN2CC(=O)N(CC2=O)C[Si](C)(O)CN2CC(=O)N(CC2=O)C[Si](C)(O)CN2CC(=O)N(CC2=O)C1.